The number of ether oxygens (including phenoxy) is 3. The molecule has 0 bridgehead atoms. The summed E-state index contributed by atoms with van der Waals surface area (Å²) >= 11 is 0. The van der Waals surface area contributed by atoms with Crippen LogP contribution in [0.2, 0.25) is 0 Å². The maximum atomic E-state index is 12.6. The Balaban J connectivity index is 1.67. The van der Waals surface area contributed by atoms with Crippen molar-refractivity contribution >= 4 is 11.9 Å². The number of carbonyl (C=O) groups is 2. The molecule has 0 heterocycles. The molecule has 6 nitrogen and oxygen atoms in total. The van der Waals surface area contributed by atoms with Crippen LogP contribution < -0.4 is 14.8 Å². The lowest BCUT2D eigenvalue weighted by Crippen LogP contribution is -2.39. The third kappa shape index (κ3) is 4.27. The van der Waals surface area contributed by atoms with Gasteiger partial charge in [-0.05, 0) is 55.5 Å². The highest BCUT2D eigenvalue weighted by Crippen LogP contribution is 2.30. The molecule has 0 unspecified atom stereocenters. The molecular weight excluding hydrogens is 358 g/mol. The molecule has 1 amide bonds. The number of hydrogen-bond donors (Lipinski definition) is 1. The maximum absolute atomic E-state index is 12.6. The average molecular weight is 383 g/mol. The van der Waals surface area contributed by atoms with Crippen molar-refractivity contribution in [3.8, 4) is 11.5 Å². The molecule has 0 saturated heterocycles. The minimum atomic E-state index is -0.933. The van der Waals surface area contributed by atoms with E-state index in [1.807, 2.05) is 18.2 Å². The van der Waals surface area contributed by atoms with Gasteiger partial charge in [-0.15, -0.1) is 0 Å². The van der Waals surface area contributed by atoms with Gasteiger partial charge >= 0.3 is 5.97 Å². The number of amides is 1. The van der Waals surface area contributed by atoms with E-state index in [0.717, 1.165) is 24.8 Å². The van der Waals surface area contributed by atoms with Crippen molar-refractivity contribution in [1.82, 2.24) is 5.32 Å². The number of aryl methyl sites for hydroxylation is 1. The molecule has 0 saturated carbocycles. The number of esters is 1. The first-order valence-electron chi connectivity index (χ1n) is 9.34. The summed E-state index contributed by atoms with van der Waals surface area (Å²) in [7, 11) is 2.98. The first-order chi connectivity index (χ1) is 13.5. The molecule has 1 aliphatic carbocycles. The fourth-order valence-corrected chi connectivity index (χ4v) is 3.44. The second-order valence-electron chi connectivity index (χ2n) is 6.77. The van der Waals surface area contributed by atoms with Crippen molar-refractivity contribution in [2.45, 2.75) is 38.3 Å². The van der Waals surface area contributed by atoms with Crippen LogP contribution in [0.3, 0.4) is 0 Å². The van der Waals surface area contributed by atoms with E-state index in [1.54, 1.807) is 19.1 Å². The van der Waals surface area contributed by atoms with Crippen LogP contribution in [0.5, 0.6) is 11.5 Å². The van der Waals surface area contributed by atoms with Crippen molar-refractivity contribution < 1.29 is 23.8 Å². The Hall–Kier alpha value is -3.02. The first kappa shape index (κ1) is 19.7. The van der Waals surface area contributed by atoms with E-state index in [2.05, 4.69) is 11.4 Å². The Labute approximate surface area is 164 Å². The van der Waals surface area contributed by atoms with Crippen LogP contribution in [0.25, 0.3) is 0 Å². The Morgan fingerprint density at radius 1 is 1.11 bits per heavy atom. The van der Waals surface area contributed by atoms with Gasteiger partial charge in [0.15, 0.2) is 6.10 Å². The van der Waals surface area contributed by atoms with Crippen molar-refractivity contribution in [2.24, 2.45) is 0 Å². The van der Waals surface area contributed by atoms with E-state index in [4.69, 9.17) is 14.2 Å². The molecule has 0 aliphatic heterocycles. The van der Waals surface area contributed by atoms with Gasteiger partial charge < -0.3 is 19.5 Å². The molecule has 0 aromatic heterocycles. The summed E-state index contributed by atoms with van der Waals surface area (Å²) in [4.78, 5) is 25.2. The lowest BCUT2D eigenvalue weighted by Gasteiger charge is -2.27. The number of methoxy groups -OCH3 is 2. The quantitative estimate of drug-likeness (QED) is 0.774. The van der Waals surface area contributed by atoms with Gasteiger partial charge in [-0.2, -0.15) is 0 Å². The van der Waals surface area contributed by atoms with Crippen LogP contribution in [0.1, 0.15) is 47.3 Å². The summed E-state index contributed by atoms with van der Waals surface area (Å²) in [5.74, 6) is -0.0948. The zero-order chi connectivity index (χ0) is 20.1. The molecule has 2 atom stereocenters. The molecule has 0 spiro atoms. The summed E-state index contributed by atoms with van der Waals surface area (Å²) < 4.78 is 15.7. The smallest absolute Gasteiger partial charge is 0.342 e. The molecule has 148 valence electrons. The van der Waals surface area contributed by atoms with Crippen molar-refractivity contribution in [1.29, 1.82) is 0 Å². The summed E-state index contributed by atoms with van der Waals surface area (Å²) in [6.45, 7) is 1.56. The van der Waals surface area contributed by atoms with E-state index < -0.39 is 12.1 Å². The zero-order valence-electron chi connectivity index (χ0n) is 16.4. The lowest BCUT2D eigenvalue weighted by molar-refractivity contribution is -0.130. The fraction of sp³-hybridized carbons (Fsp3) is 0.364. The van der Waals surface area contributed by atoms with Gasteiger partial charge in [0.2, 0.25) is 0 Å². The molecule has 1 aliphatic rings. The lowest BCUT2D eigenvalue weighted by atomic mass is 9.87. The maximum Gasteiger partial charge on any atom is 0.342 e. The molecule has 0 fully saturated rings. The number of hydrogen-bond acceptors (Lipinski definition) is 5. The van der Waals surface area contributed by atoms with Gasteiger partial charge in [0.05, 0.1) is 20.3 Å². The molecule has 0 radical (unpaired) electrons. The second kappa shape index (κ2) is 8.78. The largest absolute Gasteiger partial charge is 0.497 e. The first-order valence-corrected chi connectivity index (χ1v) is 9.34. The van der Waals surface area contributed by atoms with Crippen molar-refractivity contribution in [3.63, 3.8) is 0 Å². The van der Waals surface area contributed by atoms with Gasteiger partial charge in [-0.1, -0.05) is 24.3 Å². The summed E-state index contributed by atoms with van der Waals surface area (Å²) in [6, 6.07) is 12.9. The van der Waals surface area contributed by atoms with E-state index >= 15 is 0 Å². The minimum absolute atomic E-state index is 0.0649. The summed E-state index contributed by atoms with van der Waals surface area (Å²) in [6.07, 6.45) is 1.96. The molecular formula is C22H25NO5. The van der Waals surface area contributed by atoms with E-state index in [-0.39, 0.29) is 17.5 Å². The Kier molecular flexibility index (Phi) is 6.19. The fourth-order valence-electron chi connectivity index (χ4n) is 3.44. The van der Waals surface area contributed by atoms with Crippen molar-refractivity contribution in [2.75, 3.05) is 14.2 Å². The third-order valence-electron chi connectivity index (χ3n) is 4.97. The molecule has 6 heteroatoms. The predicted octanol–water partition coefficient (Wildman–Crippen LogP) is 3.44. The van der Waals surface area contributed by atoms with Crippen LogP contribution in [0.15, 0.2) is 42.5 Å². The molecule has 1 N–H and O–H groups in total. The van der Waals surface area contributed by atoms with Crippen LogP contribution in [0.4, 0.5) is 0 Å². The van der Waals surface area contributed by atoms with Gasteiger partial charge in [-0.25, -0.2) is 4.79 Å². The number of benzene rings is 2. The average Bonchev–Trinajstić information content (AvgIpc) is 2.73. The summed E-state index contributed by atoms with van der Waals surface area (Å²) in [5, 5.41) is 3.01. The van der Waals surface area contributed by atoms with E-state index in [0.29, 0.717) is 11.5 Å². The highest BCUT2D eigenvalue weighted by atomic mass is 16.5. The molecule has 3 rings (SSSR count). The highest BCUT2D eigenvalue weighted by Gasteiger charge is 2.26. The standard InChI is InChI=1S/C22H25NO5/c1-14(28-22(25)18-13-16(26-2)11-12-20(18)27-3)21(24)23-19-10-6-8-15-7-4-5-9-17(15)19/h4-5,7,9,11-14,19H,6,8,10H2,1-3H3,(H,23,24)/t14-,19+/m0/s1. The Morgan fingerprint density at radius 3 is 2.64 bits per heavy atom. The molecule has 28 heavy (non-hydrogen) atoms. The van der Waals surface area contributed by atoms with Crippen LogP contribution in [-0.2, 0) is 16.0 Å². The van der Waals surface area contributed by atoms with Crippen molar-refractivity contribution in [3.05, 3.63) is 59.2 Å². The monoisotopic (exact) mass is 383 g/mol. The SMILES string of the molecule is COc1ccc(OC)c(C(=O)O[C@@H](C)C(=O)N[C@@H]2CCCc3ccccc32)c1. The molecule has 2 aromatic rings. The predicted molar refractivity (Wildman–Crippen MR) is 105 cm³/mol. The highest BCUT2D eigenvalue weighted by molar-refractivity contribution is 5.95. The third-order valence-corrected chi connectivity index (χ3v) is 4.97. The topological polar surface area (TPSA) is 73.9 Å². The number of carbonyl (C=O) groups excluding carboxylic acids is 2. The normalized spacial score (nSPS) is 16.5. The Bertz CT molecular complexity index is 864. The Morgan fingerprint density at radius 2 is 1.89 bits per heavy atom. The number of rotatable bonds is 6. The number of nitrogens with one attached hydrogen (secondary N) is 1. The van der Waals surface area contributed by atoms with Gasteiger partial charge in [0.25, 0.3) is 5.91 Å². The zero-order valence-corrected chi connectivity index (χ0v) is 16.4. The van der Waals surface area contributed by atoms with Crippen LogP contribution in [0, 0.1) is 0 Å². The minimum Gasteiger partial charge on any atom is -0.497 e. The van der Waals surface area contributed by atoms with Gasteiger partial charge in [0, 0.05) is 0 Å². The van der Waals surface area contributed by atoms with E-state index in [1.165, 1.54) is 25.8 Å². The molecule has 2 aromatic carbocycles. The van der Waals surface area contributed by atoms with Crippen LogP contribution in [-0.4, -0.2) is 32.2 Å². The van der Waals surface area contributed by atoms with Gasteiger partial charge in [-0.3, -0.25) is 4.79 Å². The number of fused-ring (bicyclic) bond motifs is 1. The van der Waals surface area contributed by atoms with Crippen LogP contribution >= 0.6 is 0 Å². The van der Waals surface area contributed by atoms with Gasteiger partial charge in [0.1, 0.15) is 17.1 Å². The van der Waals surface area contributed by atoms with E-state index in [9.17, 15) is 9.59 Å². The summed E-state index contributed by atoms with van der Waals surface area (Å²) in [5.41, 5.74) is 2.60. The second-order valence-corrected chi connectivity index (χ2v) is 6.77.